The van der Waals surface area contributed by atoms with E-state index < -0.39 is 11.7 Å². The average molecular weight is 324 g/mol. The molecule has 5 heteroatoms. The van der Waals surface area contributed by atoms with Gasteiger partial charge < -0.3 is 0 Å². The van der Waals surface area contributed by atoms with Gasteiger partial charge in [-0.2, -0.15) is 13.2 Å². The highest BCUT2D eigenvalue weighted by atomic mass is 32.2. The van der Waals surface area contributed by atoms with E-state index in [0.717, 1.165) is 22.6 Å². The first-order chi connectivity index (χ1) is 10.4. The van der Waals surface area contributed by atoms with Crippen molar-refractivity contribution in [3.63, 3.8) is 0 Å². The van der Waals surface area contributed by atoms with Crippen molar-refractivity contribution in [3.05, 3.63) is 65.2 Å². The molecule has 0 aliphatic heterocycles. The highest BCUT2D eigenvalue weighted by Gasteiger charge is 2.30. The number of carbonyl (C=O) groups is 1. The average Bonchev–Trinajstić information content (AvgIpc) is 2.52. The fraction of sp³-hybridized carbons (Fsp3) is 0.235. The molecule has 0 atom stereocenters. The first-order valence-corrected chi connectivity index (χ1v) is 7.96. The Bertz CT molecular complexity index is 665. The molecular weight excluding hydrogens is 309 g/mol. The maximum absolute atomic E-state index is 12.7. The van der Waals surface area contributed by atoms with E-state index in [0.29, 0.717) is 6.42 Å². The third kappa shape index (κ3) is 4.13. The van der Waals surface area contributed by atoms with Gasteiger partial charge in [0.25, 0.3) is 0 Å². The monoisotopic (exact) mass is 324 g/mol. The second-order valence-corrected chi connectivity index (χ2v) is 5.66. The Labute approximate surface area is 131 Å². The highest BCUT2D eigenvalue weighted by Crippen LogP contribution is 2.30. The largest absolute Gasteiger partial charge is 0.416 e. The number of halogens is 3. The summed E-state index contributed by atoms with van der Waals surface area (Å²) in [5.41, 5.74) is 0.356. The summed E-state index contributed by atoms with van der Waals surface area (Å²) in [6.45, 7) is 0. The molecule has 0 aromatic heterocycles. The number of benzene rings is 2. The number of hydrogen-bond donors (Lipinski definition) is 0. The molecular formula is C17H15F3OS. The maximum atomic E-state index is 12.7. The van der Waals surface area contributed by atoms with Crippen LogP contribution in [0.25, 0.3) is 0 Å². The molecule has 0 radical (unpaired) electrons. The number of aryl methyl sites for hydroxylation is 1. The van der Waals surface area contributed by atoms with Gasteiger partial charge in [-0.1, -0.05) is 30.3 Å². The molecule has 0 amide bonds. The van der Waals surface area contributed by atoms with Crippen LogP contribution < -0.4 is 0 Å². The summed E-state index contributed by atoms with van der Waals surface area (Å²) in [7, 11) is 0. The minimum Gasteiger partial charge on any atom is -0.294 e. The smallest absolute Gasteiger partial charge is 0.294 e. The predicted molar refractivity (Wildman–Crippen MR) is 82.3 cm³/mol. The molecule has 2 aromatic rings. The van der Waals surface area contributed by atoms with E-state index in [-0.39, 0.29) is 17.8 Å². The summed E-state index contributed by atoms with van der Waals surface area (Å²) in [6, 6.07) is 12.3. The van der Waals surface area contributed by atoms with Crippen LogP contribution in [-0.2, 0) is 12.6 Å². The summed E-state index contributed by atoms with van der Waals surface area (Å²) in [4.78, 5) is 13.2. The van der Waals surface area contributed by atoms with Gasteiger partial charge in [0, 0.05) is 16.9 Å². The van der Waals surface area contributed by atoms with E-state index in [9.17, 15) is 18.0 Å². The van der Waals surface area contributed by atoms with Crippen molar-refractivity contribution >= 4 is 17.5 Å². The van der Waals surface area contributed by atoms with Crippen molar-refractivity contribution in [1.82, 2.24) is 0 Å². The number of Topliss-reactive ketones (excluding diaryl/α,β-unsaturated/α-hetero) is 1. The Morgan fingerprint density at radius 2 is 1.82 bits per heavy atom. The van der Waals surface area contributed by atoms with E-state index >= 15 is 0 Å². The number of ketones is 1. The van der Waals surface area contributed by atoms with Gasteiger partial charge in [0.2, 0.25) is 0 Å². The second-order valence-electron chi connectivity index (χ2n) is 4.81. The molecule has 0 N–H and O–H groups in total. The summed E-state index contributed by atoms with van der Waals surface area (Å²) < 4.78 is 38.0. The molecule has 1 nitrogen and oxygen atoms in total. The van der Waals surface area contributed by atoms with Gasteiger partial charge >= 0.3 is 6.18 Å². The standard InChI is InChI=1S/C17H15F3OS/c1-22-16-8-3-2-5-12(16)9-10-15(21)13-6-4-7-14(11-13)17(18,19)20/h2-8,11H,9-10H2,1H3. The molecule has 0 unspecified atom stereocenters. The normalized spacial score (nSPS) is 11.5. The van der Waals surface area contributed by atoms with E-state index in [2.05, 4.69) is 0 Å². The van der Waals surface area contributed by atoms with Crippen molar-refractivity contribution < 1.29 is 18.0 Å². The maximum Gasteiger partial charge on any atom is 0.416 e. The zero-order valence-corrected chi connectivity index (χ0v) is 12.8. The number of hydrogen-bond acceptors (Lipinski definition) is 2. The Kier molecular flexibility index (Phi) is 5.29. The number of alkyl halides is 3. The summed E-state index contributed by atoms with van der Waals surface area (Å²) in [5, 5.41) is 0. The zero-order valence-electron chi connectivity index (χ0n) is 12.0. The molecule has 0 aliphatic carbocycles. The van der Waals surface area contributed by atoms with E-state index in [1.54, 1.807) is 11.8 Å². The van der Waals surface area contributed by atoms with Gasteiger partial charge in [-0.15, -0.1) is 11.8 Å². The van der Waals surface area contributed by atoms with Crippen molar-refractivity contribution in [3.8, 4) is 0 Å². The molecule has 22 heavy (non-hydrogen) atoms. The SMILES string of the molecule is CSc1ccccc1CCC(=O)c1cccc(C(F)(F)F)c1. The third-order valence-corrected chi connectivity index (χ3v) is 4.16. The summed E-state index contributed by atoms with van der Waals surface area (Å²) in [6.07, 6.45) is -1.76. The van der Waals surface area contributed by atoms with Crippen LogP contribution in [0.1, 0.15) is 27.9 Å². The minimum atomic E-state index is -4.43. The minimum absolute atomic E-state index is 0.108. The Balaban J connectivity index is 2.10. The van der Waals surface area contributed by atoms with Crippen LogP contribution in [0.3, 0.4) is 0 Å². The molecule has 0 heterocycles. The lowest BCUT2D eigenvalue weighted by Gasteiger charge is -2.09. The Hall–Kier alpha value is -1.75. The lowest BCUT2D eigenvalue weighted by molar-refractivity contribution is -0.137. The van der Waals surface area contributed by atoms with Crippen LogP contribution in [0.2, 0.25) is 0 Å². The van der Waals surface area contributed by atoms with Crippen LogP contribution in [-0.4, -0.2) is 12.0 Å². The molecule has 2 aromatic carbocycles. The van der Waals surface area contributed by atoms with Crippen LogP contribution in [0.4, 0.5) is 13.2 Å². The predicted octanol–water partition coefficient (Wildman–Crippen LogP) is 5.24. The Morgan fingerprint density at radius 1 is 1.09 bits per heavy atom. The molecule has 0 spiro atoms. The van der Waals surface area contributed by atoms with Crippen molar-refractivity contribution in [2.45, 2.75) is 23.9 Å². The third-order valence-electron chi connectivity index (χ3n) is 3.33. The quantitative estimate of drug-likeness (QED) is 0.552. The van der Waals surface area contributed by atoms with E-state index in [1.807, 2.05) is 30.5 Å². The van der Waals surface area contributed by atoms with Crippen LogP contribution >= 0.6 is 11.8 Å². The van der Waals surface area contributed by atoms with Gasteiger partial charge in [0.05, 0.1) is 5.56 Å². The summed E-state index contributed by atoms with van der Waals surface area (Å²) >= 11 is 1.59. The van der Waals surface area contributed by atoms with Crippen LogP contribution in [0, 0.1) is 0 Å². The van der Waals surface area contributed by atoms with Gasteiger partial charge in [0.1, 0.15) is 0 Å². The first kappa shape index (κ1) is 16.6. The Morgan fingerprint density at radius 3 is 2.50 bits per heavy atom. The number of thioether (sulfide) groups is 1. The fourth-order valence-corrected chi connectivity index (χ4v) is 2.82. The zero-order chi connectivity index (χ0) is 16.2. The molecule has 0 aliphatic rings. The lowest BCUT2D eigenvalue weighted by Crippen LogP contribution is -2.08. The van der Waals surface area contributed by atoms with Gasteiger partial charge in [-0.25, -0.2) is 0 Å². The molecule has 0 fully saturated rings. The van der Waals surface area contributed by atoms with Gasteiger partial charge in [0.15, 0.2) is 5.78 Å². The topological polar surface area (TPSA) is 17.1 Å². The highest BCUT2D eigenvalue weighted by molar-refractivity contribution is 7.98. The molecule has 0 bridgehead atoms. The van der Waals surface area contributed by atoms with E-state index in [4.69, 9.17) is 0 Å². The van der Waals surface area contributed by atoms with Crippen LogP contribution in [0.5, 0.6) is 0 Å². The molecule has 2 rings (SSSR count). The van der Waals surface area contributed by atoms with Crippen LogP contribution in [0.15, 0.2) is 53.4 Å². The van der Waals surface area contributed by atoms with Gasteiger partial charge in [-0.05, 0) is 36.4 Å². The van der Waals surface area contributed by atoms with Crippen molar-refractivity contribution in [1.29, 1.82) is 0 Å². The molecule has 116 valence electrons. The fourth-order valence-electron chi connectivity index (χ4n) is 2.17. The molecule has 0 saturated heterocycles. The lowest BCUT2D eigenvalue weighted by atomic mass is 10.0. The second kappa shape index (κ2) is 7.01. The molecule has 0 saturated carbocycles. The van der Waals surface area contributed by atoms with Crippen molar-refractivity contribution in [2.24, 2.45) is 0 Å². The number of carbonyl (C=O) groups excluding carboxylic acids is 1. The first-order valence-electron chi connectivity index (χ1n) is 6.74. The summed E-state index contributed by atoms with van der Waals surface area (Å²) in [5.74, 6) is -0.276. The number of rotatable bonds is 5. The van der Waals surface area contributed by atoms with Gasteiger partial charge in [-0.3, -0.25) is 4.79 Å². The van der Waals surface area contributed by atoms with E-state index in [1.165, 1.54) is 12.1 Å². The van der Waals surface area contributed by atoms with Crippen molar-refractivity contribution in [2.75, 3.05) is 6.26 Å².